The maximum absolute atomic E-state index is 9.41. The first-order chi connectivity index (χ1) is 12.1. The summed E-state index contributed by atoms with van der Waals surface area (Å²) in [6.45, 7) is 0.718. The van der Waals surface area contributed by atoms with Crippen molar-refractivity contribution in [1.29, 1.82) is 0 Å². The number of rotatable bonds is 7. The molecule has 0 amide bonds. The number of aliphatic hydroxyl groups excluding tert-OH is 1. The van der Waals surface area contributed by atoms with Crippen LogP contribution in [0.4, 0.5) is 0 Å². The standard InChI is InChI=1S/C21H27NO3/c1-24-19-6-8-20(9-7-19)25-13-11-16-2-4-17(5-3-16)18-10-12-21(22,14-18)15-23/h2-9,18,23H,10-15,22H2,1H3/t18-,21-/m1/s1. The lowest BCUT2D eigenvalue weighted by Gasteiger charge is -2.21. The second kappa shape index (κ2) is 7.89. The summed E-state index contributed by atoms with van der Waals surface area (Å²) >= 11 is 0. The van der Waals surface area contributed by atoms with E-state index in [9.17, 15) is 5.11 Å². The fraction of sp³-hybridized carbons (Fsp3) is 0.429. The molecule has 25 heavy (non-hydrogen) atoms. The Labute approximate surface area is 149 Å². The van der Waals surface area contributed by atoms with Crippen molar-refractivity contribution in [2.75, 3.05) is 20.3 Å². The highest BCUT2D eigenvalue weighted by Gasteiger charge is 2.35. The lowest BCUT2D eigenvalue weighted by molar-refractivity contribution is 0.198. The highest BCUT2D eigenvalue weighted by Crippen LogP contribution is 2.39. The molecule has 0 aliphatic heterocycles. The third kappa shape index (κ3) is 4.53. The molecule has 1 saturated carbocycles. The third-order valence-electron chi connectivity index (χ3n) is 5.13. The summed E-state index contributed by atoms with van der Waals surface area (Å²) in [6, 6.07) is 16.4. The molecule has 1 aliphatic rings. The van der Waals surface area contributed by atoms with Crippen LogP contribution in [0.25, 0.3) is 0 Å². The van der Waals surface area contributed by atoms with E-state index in [1.807, 2.05) is 24.3 Å². The minimum Gasteiger partial charge on any atom is -0.497 e. The van der Waals surface area contributed by atoms with Gasteiger partial charge in [0.05, 0.1) is 20.3 Å². The van der Waals surface area contributed by atoms with E-state index in [1.165, 1.54) is 11.1 Å². The normalized spacial score (nSPS) is 22.8. The zero-order chi connectivity index (χ0) is 17.7. The predicted molar refractivity (Wildman–Crippen MR) is 99.2 cm³/mol. The van der Waals surface area contributed by atoms with Crippen molar-refractivity contribution in [3.63, 3.8) is 0 Å². The third-order valence-corrected chi connectivity index (χ3v) is 5.13. The molecule has 2 aromatic rings. The number of nitrogens with two attached hydrogens (primary N) is 1. The highest BCUT2D eigenvalue weighted by atomic mass is 16.5. The average molecular weight is 341 g/mol. The minimum atomic E-state index is -0.393. The van der Waals surface area contributed by atoms with Crippen molar-refractivity contribution >= 4 is 0 Å². The number of aliphatic hydroxyl groups is 1. The van der Waals surface area contributed by atoms with Crippen molar-refractivity contribution in [1.82, 2.24) is 0 Å². The van der Waals surface area contributed by atoms with Crippen LogP contribution < -0.4 is 15.2 Å². The topological polar surface area (TPSA) is 64.7 Å². The van der Waals surface area contributed by atoms with E-state index in [1.54, 1.807) is 7.11 Å². The molecule has 1 fully saturated rings. The molecule has 2 aromatic carbocycles. The van der Waals surface area contributed by atoms with Crippen molar-refractivity contribution < 1.29 is 14.6 Å². The van der Waals surface area contributed by atoms with Gasteiger partial charge in [-0.3, -0.25) is 0 Å². The number of benzene rings is 2. The molecule has 0 bridgehead atoms. The van der Waals surface area contributed by atoms with Crippen LogP contribution in [0.3, 0.4) is 0 Å². The summed E-state index contributed by atoms with van der Waals surface area (Å²) in [5.41, 5.74) is 8.37. The Morgan fingerprint density at radius 3 is 2.36 bits per heavy atom. The average Bonchev–Trinajstić information content (AvgIpc) is 3.06. The van der Waals surface area contributed by atoms with E-state index in [0.717, 1.165) is 37.2 Å². The SMILES string of the molecule is COc1ccc(OCCc2ccc([C@@H]3CC[C@](N)(CO)C3)cc2)cc1. The van der Waals surface area contributed by atoms with Gasteiger partial charge in [-0.05, 0) is 60.6 Å². The fourth-order valence-electron chi connectivity index (χ4n) is 3.50. The first kappa shape index (κ1) is 17.8. The summed E-state index contributed by atoms with van der Waals surface area (Å²) in [6.07, 6.45) is 3.68. The maximum atomic E-state index is 9.41. The molecule has 1 aliphatic carbocycles. The Bertz CT molecular complexity index is 669. The predicted octanol–water partition coefficient (Wildman–Crippen LogP) is 3.27. The largest absolute Gasteiger partial charge is 0.497 e. The summed E-state index contributed by atoms with van der Waals surface area (Å²) in [7, 11) is 1.66. The molecule has 2 atom stereocenters. The Kier molecular flexibility index (Phi) is 5.61. The molecule has 4 nitrogen and oxygen atoms in total. The lowest BCUT2D eigenvalue weighted by Crippen LogP contribution is -2.40. The van der Waals surface area contributed by atoms with Crippen LogP contribution in [0.15, 0.2) is 48.5 Å². The number of ether oxygens (including phenoxy) is 2. The van der Waals surface area contributed by atoms with E-state index in [-0.39, 0.29) is 6.61 Å². The quantitative estimate of drug-likeness (QED) is 0.811. The second-order valence-corrected chi connectivity index (χ2v) is 6.98. The van der Waals surface area contributed by atoms with Crippen molar-refractivity contribution in [3.05, 3.63) is 59.7 Å². The monoisotopic (exact) mass is 341 g/mol. The molecular formula is C21H27NO3. The van der Waals surface area contributed by atoms with Gasteiger partial charge in [-0.1, -0.05) is 24.3 Å². The molecule has 3 rings (SSSR count). The van der Waals surface area contributed by atoms with Gasteiger partial charge in [0, 0.05) is 12.0 Å². The van der Waals surface area contributed by atoms with Gasteiger partial charge in [0.2, 0.25) is 0 Å². The van der Waals surface area contributed by atoms with Gasteiger partial charge < -0.3 is 20.3 Å². The van der Waals surface area contributed by atoms with Gasteiger partial charge in [-0.15, -0.1) is 0 Å². The fourth-order valence-corrected chi connectivity index (χ4v) is 3.50. The molecule has 0 radical (unpaired) electrons. The second-order valence-electron chi connectivity index (χ2n) is 6.98. The molecule has 0 heterocycles. The Hall–Kier alpha value is -2.04. The van der Waals surface area contributed by atoms with Crippen molar-refractivity contribution in [2.24, 2.45) is 5.73 Å². The van der Waals surface area contributed by atoms with E-state index in [4.69, 9.17) is 15.2 Å². The number of hydrogen-bond acceptors (Lipinski definition) is 4. The molecule has 0 unspecified atom stereocenters. The highest BCUT2D eigenvalue weighted by molar-refractivity contribution is 5.31. The Balaban J connectivity index is 1.49. The van der Waals surface area contributed by atoms with Crippen LogP contribution in [0, 0.1) is 0 Å². The van der Waals surface area contributed by atoms with E-state index in [2.05, 4.69) is 24.3 Å². The van der Waals surface area contributed by atoms with Crippen LogP contribution in [0.1, 0.15) is 36.3 Å². The Morgan fingerprint density at radius 1 is 1.08 bits per heavy atom. The Morgan fingerprint density at radius 2 is 1.76 bits per heavy atom. The molecule has 134 valence electrons. The molecule has 4 heteroatoms. The van der Waals surface area contributed by atoms with Crippen LogP contribution in [0.5, 0.6) is 11.5 Å². The molecule has 0 spiro atoms. The first-order valence-electron chi connectivity index (χ1n) is 8.87. The van der Waals surface area contributed by atoms with Gasteiger partial charge in [-0.2, -0.15) is 0 Å². The summed E-state index contributed by atoms with van der Waals surface area (Å²) in [4.78, 5) is 0. The van der Waals surface area contributed by atoms with Crippen molar-refractivity contribution in [3.8, 4) is 11.5 Å². The zero-order valence-corrected chi connectivity index (χ0v) is 14.8. The van der Waals surface area contributed by atoms with E-state index >= 15 is 0 Å². The summed E-state index contributed by atoms with van der Waals surface area (Å²) in [5.74, 6) is 2.14. The molecular weight excluding hydrogens is 314 g/mol. The number of hydrogen-bond donors (Lipinski definition) is 2. The summed E-state index contributed by atoms with van der Waals surface area (Å²) in [5, 5.41) is 9.41. The molecule has 3 N–H and O–H groups in total. The van der Waals surface area contributed by atoms with Crippen LogP contribution in [0.2, 0.25) is 0 Å². The van der Waals surface area contributed by atoms with Crippen LogP contribution in [-0.2, 0) is 6.42 Å². The van der Waals surface area contributed by atoms with Gasteiger partial charge >= 0.3 is 0 Å². The van der Waals surface area contributed by atoms with E-state index in [0.29, 0.717) is 12.5 Å². The lowest BCUT2D eigenvalue weighted by atomic mass is 9.93. The van der Waals surface area contributed by atoms with E-state index < -0.39 is 5.54 Å². The van der Waals surface area contributed by atoms with Crippen LogP contribution in [-0.4, -0.2) is 31.0 Å². The van der Waals surface area contributed by atoms with Gasteiger partial charge in [0.1, 0.15) is 11.5 Å². The molecule has 0 aromatic heterocycles. The zero-order valence-electron chi connectivity index (χ0n) is 14.8. The molecule has 0 saturated heterocycles. The summed E-state index contributed by atoms with van der Waals surface area (Å²) < 4.78 is 10.9. The van der Waals surface area contributed by atoms with Crippen LogP contribution >= 0.6 is 0 Å². The maximum Gasteiger partial charge on any atom is 0.119 e. The van der Waals surface area contributed by atoms with Gasteiger partial charge in [-0.25, -0.2) is 0 Å². The van der Waals surface area contributed by atoms with Gasteiger partial charge in [0.15, 0.2) is 0 Å². The number of methoxy groups -OCH3 is 1. The van der Waals surface area contributed by atoms with Gasteiger partial charge in [0.25, 0.3) is 0 Å². The van der Waals surface area contributed by atoms with Crippen molar-refractivity contribution in [2.45, 2.75) is 37.1 Å². The minimum absolute atomic E-state index is 0.0737. The smallest absolute Gasteiger partial charge is 0.119 e. The first-order valence-corrected chi connectivity index (χ1v) is 8.87.